The molecule has 3 aromatic rings. The highest BCUT2D eigenvalue weighted by molar-refractivity contribution is 7.18. The van der Waals surface area contributed by atoms with Crippen LogP contribution in [-0.2, 0) is 0 Å². The van der Waals surface area contributed by atoms with E-state index in [2.05, 4.69) is 27.2 Å². The van der Waals surface area contributed by atoms with Crippen molar-refractivity contribution in [3.63, 3.8) is 0 Å². The zero-order chi connectivity index (χ0) is 20.5. The summed E-state index contributed by atoms with van der Waals surface area (Å²) in [6, 6.07) is 6.17. The van der Waals surface area contributed by atoms with Crippen LogP contribution >= 0.6 is 11.3 Å². The van der Waals surface area contributed by atoms with Gasteiger partial charge in [0.2, 0.25) is 5.95 Å². The molecule has 3 heterocycles. The topological polar surface area (TPSA) is 71.0 Å². The van der Waals surface area contributed by atoms with Crippen LogP contribution < -0.4 is 5.32 Å². The van der Waals surface area contributed by atoms with Crippen LogP contribution in [-0.4, -0.2) is 38.8 Å². The van der Waals surface area contributed by atoms with E-state index in [1.165, 1.54) is 23.5 Å². The molecule has 152 valence electrons. The molecule has 1 saturated heterocycles. The summed E-state index contributed by atoms with van der Waals surface area (Å²) in [5.41, 5.74) is 1.69. The smallest absolute Gasteiger partial charge is 0.274 e. The first-order valence-corrected chi connectivity index (χ1v) is 10.7. The average molecular weight is 414 g/mol. The van der Waals surface area contributed by atoms with Gasteiger partial charge in [0.15, 0.2) is 11.3 Å². The van der Waals surface area contributed by atoms with Crippen LogP contribution in [0.3, 0.4) is 0 Å². The molecule has 0 spiro atoms. The first kappa shape index (κ1) is 19.7. The van der Waals surface area contributed by atoms with Crippen LogP contribution in [0.1, 0.15) is 53.8 Å². The van der Waals surface area contributed by atoms with Gasteiger partial charge < -0.3 is 10.2 Å². The number of aryl methyl sites for hydroxylation is 1. The van der Waals surface area contributed by atoms with Crippen molar-refractivity contribution in [2.24, 2.45) is 5.92 Å². The Morgan fingerprint density at radius 1 is 1.34 bits per heavy atom. The van der Waals surface area contributed by atoms with Gasteiger partial charge in [-0.2, -0.15) is 4.98 Å². The normalized spacial score (nSPS) is 15.4. The molecule has 1 N–H and O–H groups in total. The van der Waals surface area contributed by atoms with E-state index in [0.717, 1.165) is 41.2 Å². The van der Waals surface area contributed by atoms with Gasteiger partial charge in [0.1, 0.15) is 10.5 Å². The van der Waals surface area contributed by atoms with Gasteiger partial charge in [0.05, 0.1) is 11.0 Å². The van der Waals surface area contributed by atoms with Crippen molar-refractivity contribution in [2.75, 3.05) is 18.4 Å². The second-order valence-corrected chi connectivity index (χ2v) is 8.77. The number of likely N-dealkylation sites (tertiary alicyclic amines) is 1. The molecule has 29 heavy (non-hydrogen) atoms. The number of carbonyl (C=O) groups excluding carboxylic acids is 1. The quantitative estimate of drug-likeness (QED) is 0.641. The van der Waals surface area contributed by atoms with Crippen molar-refractivity contribution < 1.29 is 9.18 Å². The lowest BCUT2D eigenvalue weighted by Gasteiger charge is -2.39. The van der Waals surface area contributed by atoms with E-state index in [1.54, 1.807) is 6.07 Å². The molecule has 6 nitrogen and oxygen atoms in total. The first-order valence-electron chi connectivity index (χ1n) is 9.91. The van der Waals surface area contributed by atoms with Crippen molar-refractivity contribution in [3.8, 4) is 0 Å². The molecule has 1 aromatic carbocycles. The molecular weight excluding hydrogens is 389 g/mol. The van der Waals surface area contributed by atoms with Crippen molar-refractivity contribution in [1.29, 1.82) is 0 Å². The van der Waals surface area contributed by atoms with Gasteiger partial charge in [-0.25, -0.2) is 14.4 Å². The molecule has 1 fully saturated rings. The molecule has 0 unspecified atom stereocenters. The van der Waals surface area contributed by atoms with Crippen LogP contribution in [0, 0.1) is 18.7 Å². The first-order chi connectivity index (χ1) is 13.9. The van der Waals surface area contributed by atoms with E-state index in [0.29, 0.717) is 23.2 Å². The Kier molecular flexibility index (Phi) is 5.45. The van der Waals surface area contributed by atoms with E-state index in [1.807, 2.05) is 24.8 Å². The minimum Gasteiger partial charge on any atom is -0.348 e. The summed E-state index contributed by atoms with van der Waals surface area (Å²) in [6.45, 7) is 7.51. The van der Waals surface area contributed by atoms with Crippen LogP contribution in [0.2, 0.25) is 0 Å². The number of benzene rings is 1. The number of hydrogen-bond acceptors (Lipinski definition) is 6. The van der Waals surface area contributed by atoms with E-state index in [9.17, 15) is 9.18 Å². The van der Waals surface area contributed by atoms with E-state index in [4.69, 9.17) is 0 Å². The number of rotatable bonds is 6. The number of thiazole rings is 1. The van der Waals surface area contributed by atoms with E-state index in [-0.39, 0.29) is 17.8 Å². The molecule has 0 bridgehead atoms. The largest absolute Gasteiger partial charge is 0.348 e. The molecule has 2 aromatic heterocycles. The number of fused-ring (bicyclic) bond motifs is 1. The third-order valence-corrected chi connectivity index (χ3v) is 6.17. The third-order valence-electron chi connectivity index (χ3n) is 5.20. The van der Waals surface area contributed by atoms with Crippen LogP contribution in [0.15, 0.2) is 24.3 Å². The Bertz CT molecular complexity index is 1050. The Balaban J connectivity index is 1.61. The predicted octanol–water partition coefficient (Wildman–Crippen LogP) is 4.58. The maximum atomic E-state index is 13.6. The Hall–Kier alpha value is -2.61. The Labute approximate surface area is 173 Å². The molecule has 8 heteroatoms. The summed E-state index contributed by atoms with van der Waals surface area (Å²) in [5, 5.41) is 4.03. The number of hydrogen-bond donors (Lipinski definition) is 1. The SMILES string of the molecule is CCCC1CN(C(=O)c2nc(N[C@@H](C)c3cccc(F)c3)nc3nc(C)sc23)C1. The zero-order valence-electron chi connectivity index (χ0n) is 16.8. The fourth-order valence-corrected chi connectivity index (χ4v) is 4.51. The van der Waals surface area contributed by atoms with Gasteiger partial charge in [-0.15, -0.1) is 11.3 Å². The van der Waals surface area contributed by atoms with Gasteiger partial charge in [-0.05, 0) is 43.9 Å². The van der Waals surface area contributed by atoms with Gasteiger partial charge >= 0.3 is 0 Å². The summed E-state index contributed by atoms with van der Waals surface area (Å²) >= 11 is 1.44. The van der Waals surface area contributed by atoms with Crippen molar-refractivity contribution in [2.45, 2.75) is 39.7 Å². The number of carbonyl (C=O) groups is 1. The van der Waals surface area contributed by atoms with E-state index >= 15 is 0 Å². The number of nitrogens with zero attached hydrogens (tertiary/aromatic N) is 4. The van der Waals surface area contributed by atoms with Gasteiger partial charge in [-0.1, -0.05) is 25.5 Å². The van der Waals surface area contributed by atoms with Crippen molar-refractivity contribution in [1.82, 2.24) is 19.9 Å². The molecule has 0 aliphatic carbocycles. The van der Waals surface area contributed by atoms with Crippen molar-refractivity contribution >= 4 is 33.5 Å². The number of amides is 1. The molecule has 1 aliphatic heterocycles. The maximum Gasteiger partial charge on any atom is 0.274 e. The van der Waals surface area contributed by atoms with Crippen molar-refractivity contribution in [3.05, 3.63) is 46.3 Å². The molecule has 0 saturated carbocycles. The highest BCUT2D eigenvalue weighted by Crippen LogP contribution is 2.29. The number of anilines is 1. The lowest BCUT2D eigenvalue weighted by atomic mass is 9.95. The number of halogens is 1. The lowest BCUT2D eigenvalue weighted by Crippen LogP contribution is -2.50. The average Bonchev–Trinajstić information content (AvgIpc) is 3.03. The summed E-state index contributed by atoms with van der Waals surface area (Å²) in [6.07, 6.45) is 2.27. The minimum atomic E-state index is -0.294. The van der Waals surface area contributed by atoms with Gasteiger partial charge in [-0.3, -0.25) is 4.79 Å². The molecule has 1 aliphatic rings. The van der Waals surface area contributed by atoms with Crippen LogP contribution in [0.5, 0.6) is 0 Å². The zero-order valence-corrected chi connectivity index (χ0v) is 17.6. The highest BCUT2D eigenvalue weighted by Gasteiger charge is 2.33. The van der Waals surface area contributed by atoms with Crippen LogP contribution in [0.25, 0.3) is 10.3 Å². The second-order valence-electron chi connectivity index (χ2n) is 7.57. The fraction of sp³-hybridized carbons (Fsp3) is 0.429. The molecule has 4 rings (SSSR count). The molecule has 1 atom stereocenters. The van der Waals surface area contributed by atoms with E-state index < -0.39 is 0 Å². The second kappa shape index (κ2) is 8.02. The third kappa shape index (κ3) is 4.07. The monoisotopic (exact) mass is 413 g/mol. The maximum absolute atomic E-state index is 13.6. The highest BCUT2D eigenvalue weighted by atomic mass is 32.1. The van der Waals surface area contributed by atoms with Gasteiger partial charge in [0, 0.05) is 13.1 Å². The molecular formula is C21H24FN5OS. The summed E-state index contributed by atoms with van der Waals surface area (Å²) in [5.74, 6) is 0.538. The summed E-state index contributed by atoms with van der Waals surface area (Å²) in [4.78, 5) is 28.4. The molecule has 0 radical (unpaired) electrons. The predicted molar refractivity (Wildman–Crippen MR) is 113 cm³/mol. The minimum absolute atomic E-state index is 0.0742. The standard InChI is InChI=1S/C21H24FN5OS/c1-4-6-14-10-27(11-14)20(28)17-18-19(24-13(3)29-18)26-21(25-17)23-12(2)15-7-5-8-16(22)9-15/h5,7-9,12,14H,4,6,10-11H2,1-3H3,(H,23,25,26)/t12-/m0/s1. The fourth-order valence-electron chi connectivity index (χ4n) is 3.67. The molecule has 1 amide bonds. The summed E-state index contributed by atoms with van der Waals surface area (Å²) in [7, 11) is 0. The number of aromatic nitrogens is 3. The number of nitrogens with one attached hydrogen (secondary N) is 1. The lowest BCUT2D eigenvalue weighted by molar-refractivity contribution is 0.0480. The Morgan fingerprint density at radius 3 is 2.86 bits per heavy atom. The van der Waals surface area contributed by atoms with Gasteiger partial charge in [0.25, 0.3) is 5.91 Å². The van der Waals surface area contributed by atoms with Crippen LogP contribution in [0.4, 0.5) is 10.3 Å². The Morgan fingerprint density at radius 2 is 2.14 bits per heavy atom. The summed E-state index contributed by atoms with van der Waals surface area (Å²) < 4.78 is 14.3.